The van der Waals surface area contributed by atoms with Gasteiger partial charge in [0.25, 0.3) is 0 Å². The van der Waals surface area contributed by atoms with Gasteiger partial charge >= 0.3 is 6.03 Å². The molecule has 13 heavy (non-hydrogen) atoms. The number of carbonyl (C=O) groups excluding carboxylic acids is 2. The third-order valence-electron chi connectivity index (χ3n) is 1.14. The van der Waals surface area contributed by atoms with Crippen molar-refractivity contribution in [3.05, 3.63) is 12.7 Å². The molecule has 0 bridgehead atoms. The lowest BCUT2D eigenvalue weighted by Crippen LogP contribution is -2.43. The topological polar surface area (TPSA) is 114 Å². The molecule has 0 spiro atoms. The molecule has 0 saturated heterocycles. The molecule has 3 amide bonds. The highest BCUT2D eigenvalue weighted by Gasteiger charge is 2.15. The summed E-state index contributed by atoms with van der Waals surface area (Å²) in [7, 11) is 0. The Labute approximate surface area is 72.8 Å². The highest BCUT2D eigenvalue weighted by molar-refractivity contribution is 6.03. The van der Waals surface area contributed by atoms with Crippen LogP contribution in [-0.4, -0.2) is 27.4 Å². The fourth-order valence-electron chi connectivity index (χ4n) is 0.613. The molecule has 0 aromatic carbocycles. The number of hydrogen-bond acceptors (Lipinski definition) is 6. The molecular weight excluding hydrogens is 176 g/mol. The molecular formula is C5H6N6O2. The average molecular weight is 182 g/mol. The van der Waals surface area contributed by atoms with Gasteiger partial charge in [0.05, 0.1) is 0 Å². The van der Waals surface area contributed by atoms with Crippen LogP contribution < -0.4 is 16.2 Å². The molecule has 0 saturated carbocycles. The molecule has 0 aliphatic rings. The molecule has 0 unspecified atom stereocenters. The molecule has 0 fully saturated rings. The number of amides is 3. The first-order valence-electron chi connectivity index (χ1n) is 3.16. The third-order valence-corrected chi connectivity index (χ3v) is 1.14. The molecule has 0 aliphatic heterocycles. The van der Waals surface area contributed by atoms with Crippen molar-refractivity contribution in [2.45, 2.75) is 0 Å². The summed E-state index contributed by atoms with van der Waals surface area (Å²) in [6, 6.07) is -0.818. The second kappa shape index (κ2) is 4.07. The summed E-state index contributed by atoms with van der Waals surface area (Å²) in [6.07, 6.45) is 2.56. The molecule has 8 nitrogen and oxygen atoms in total. The van der Waals surface area contributed by atoms with Gasteiger partial charge in [-0.2, -0.15) is 4.90 Å². The first-order valence-corrected chi connectivity index (χ1v) is 3.16. The Balaban J connectivity index is 2.91. The molecule has 8 heteroatoms. The maximum atomic E-state index is 10.9. The molecule has 1 aromatic rings. The van der Waals surface area contributed by atoms with Crippen LogP contribution in [0.5, 0.6) is 0 Å². The summed E-state index contributed by atoms with van der Waals surface area (Å²) >= 11 is 0. The van der Waals surface area contributed by atoms with Gasteiger partial charge in [-0.1, -0.05) is 0 Å². The van der Waals surface area contributed by atoms with E-state index in [2.05, 4.69) is 15.0 Å². The summed E-state index contributed by atoms with van der Waals surface area (Å²) in [5.74, 6) is 4.72. The van der Waals surface area contributed by atoms with Crippen LogP contribution in [0.25, 0.3) is 0 Å². The summed E-state index contributed by atoms with van der Waals surface area (Å²) in [4.78, 5) is 32.6. The quantitative estimate of drug-likeness (QED) is 0.247. The van der Waals surface area contributed by atoms with E-state index in [4.69, 9.17) is 5.84 Å². The number of aromatic nitrogens is 3. The fraction of sp³-hybridized carbons (Fsp3) is 0. The Morgan fingerprint density at radius 1 is 1.54 bits per heavy atom. The first kappa shape index (κ1) is 9.00. The second-order valence-electron chi connectivity index (χ2n) is 1.86. The van der Waals surface area contributed by atoms with Crippen molar-refractivity contribution in [1.82, 2.24) is 20.4 Å². The van der Waals surface area contributed by atoms with Gasteiger partial charge in [-0.25, -0.2) is 25.6 Å². The molecule has 68 valence electrons. The maximum absolute atomic E-state index is 10.9. The van der Waals surface area contributed by atoms with E-state index in [1.807, 2.05) is 0 Å². The lowest BCUT2D eigenvalue weighted by atomic mass is 10.7. The number of hydrazine groups is 1. The van der Waals surface area contributed by atoms with E-state index in [1.165, 1.54) is 0 Å². The molecule has 1 rings (SSSR count). The minimum atomic E-state index is -0.818. The van der Waals surface area contributed by atoms with Crippen molar-refractivity contribution in [3.8, 4) is 0 Å². The number of imide groups is 1. The van der Waals surface area contributed by atoms with E-state index in [0.717, 1.165) is 12.7 Å². The van der Waals surface area contributed by atoms with Crippen LogP contribution >= 0.6 is 0 Å². The number of hydrogen-bond donors (Lipinski definition) is 2. The van der Waals surface area contributed by atoms with Crippen molar-refractivity contribution >= 4 is 18.4 Å². The fourth-order valence-corrected chi connectivity index (χ4v) is 0.613. The zero-order valence-corrected chi connectivity index (χ0v) is 6.41. The van der Waals surface area contributed by atoms with Gasteiger partial charge in [-0.3, -0.25) is 10.2 Å². The summed E-state index contributed by atoms with van der Waals surface area (Å²) in [5, 5.41) is 0. The zero-order valence-electron chi connectivity index (χ0n) is 6.41. The number of anilines is 1. The van der Waals surface area contributed by atoms with Crippen molar-refractivity contribution in [1.29, 1.82) is 0 Å². The van der Waals surface area contributed by atoms with Crippen molar-refractivity contribution in [2.75, 3.05) is 4.90 Å². The Kier molecular flexibility index (Phi) is 2.82. The van der Waals surface area contributed by atoms with Crippen LogP contribution in [0.2, 0.25) is 0 Å². The largest absolute Gasteiger partial charge is 0.345 e. The summed E-state index contributed by atoms with van der Waals surface area (Å²) < 4.78 is 0. The standard InChI is InChI=1S/C5H6N6O2/c6-10-5(13)11(3-12)4-8-1-7-2-9-4/h1-3H,6H2,(H,10,13). The number of carbonyl (C=O) groups is 2. The van der Waals surface area contributed by atoms with Gasteiger partial charge in [-0.05, 0) is 0 Å². The van der Waals surface area contributed by atoms with E-state index in [-0.39, 0.29) is 12.4 Å². The van der Waals surface area contributed by atoms with Gasteiger partial charge in [-0.15, -0.1) is 0 Å². The maximum Gasteiger partial charge on any atom is 0.345 e. The molecule has 0 atom stereocenters. The normalized spacial score (nSPS) is 9.00. The first-order chi connectivity index (χ1) is 6.29. The van der Waals surface area contributed by atoms with Gasteiger partial charge in [0.2, 0.25) is 12.4 Å². The van der Waals surface area contributed by atoms with Crippen molar-refractivity contribution in [3.63, 3.8) is 0 Å². The van der Waals surface area contributed by atoms with Gasteiger partial charge in [0.15, 0.2) is 0 Å². The Morgan fingerprint density at radius 3 is 2.62 bits per heavy atom. The lowest BCUT2D eigenvalue weighted by molar-refractivity contribution is -0.106. The Bertz CT molecular complexity index is 301. The smallest absolute Gasteiger partial charge is 0.278 e. The van der Waals surface area contributed by atoms with Crippen LogP contribution in [0, 0.1) is 0 Å². The van der Waals surface area contributed by atoms with Crippen LogP contribution in [0.1, 0.15) is 0 Å². The highest BCUT2D eigenvalue weighted by atomic mass is 16.2. The van der Waals surface area contributed by atoms with Gasteiger partial charge in [0.1, 0.15) is 12.7 Å². The zero-order chi connectivity index (χ0) is 9.68. The van der Waals surface area contributed by atoms with E-state index >= 15 is 0 Å². The SMILES string of the molecule is NNC(=O)N(C=O)c1ncncn1. The highest BCUT2D eigenvalue weighted by Crippen LogP contribution is 2.00. The predicted octanol–water partition coefficient (Wildman–Crippen LogP) is -1.58. The van der Waals surface area contributed by atoms with E-state index < -0.39 is 6.03 Å². The Morgan fingerprint density at radius 2 is 2.15 bits per heavy atom. The van der Waals surface area contributed by atoms with Crippen molar-refractivity contribution < 1.29 is 9.59 Å². The van der Waals surface area contributed by atoms with E-state index in [0.29, 0.717) is 4.90 Å². The van der Waals surface area contributed by atoms with Gasteiger partial charge in [0, 0.05) is 0 Å². The molecule has 0 radical (unpaired) electrons. The number of rotatable bonds is 2. The average Bonchev–Trinajstić information content (AvgIpc) is 2.20. The van der Waals surface area contributed by atoms with Crippen LogP contribution in [0.3, 0.4) is 0 Å². The summed E-state index contributed by atoms with van der Waals surface area (Å²) in [5.41, 5.74) is 1.77. The number of nitrogens with zero attached hydrogens (tertiary/aromatic N) is 4. The molecule has 1 aromatic heterocycles. The predicted molar refractivity (Wildman–Crippen MR) is 41.1 cm³/mol. The van der Waals surface area contributed by atoms with Gasteiger partial charge < -0.3 is 0 Å². The minimum Gasteiger partial charge on any atom is -0.278 e. The Hall–Kier alpha value is -2.09. The van der Waals surface area contributed by atoms with E-state index in [9.17, 15) is 9.59 Å². The van der Waals surface area contributed by atoms with E-state index in [1.54, 1.807) is 5.43 Å². The number of nitrogens with two attached hydrogens (primary N) is 1. The number of urea groups is 1. The monoisotopic (exact) mass is 182 g/mol. The number of nitrogens with one attached hydrogen (secondary N) is 1. The minimum absolute atomic E-state index is 0.0899. The molecule has 3 N–H and O–H groups in total. The third kappa shape index (κ3) is 1.93. The molecule has 0 aliphatic carbocycles. The molecule has 1 heterocycles. The summed E-state index contributed by atoms with van der Waals surface area (Å²) in [6.45, 7) is 0. The van der Waals surface area contributed by atoms with Crippen LogP contribution in [0.4, 0.5) is 10.7 Å². The van der Waals surface area contributed by atoms with Crippen LogP contribution in [-0.2, 0) is 4.79 Å². The van der Waals surface area contributed by atoms with Crippen molar-refractivity contribution in [2.24, 2.45) is 5.84 Å². The lowest BCUT2D eigenvalue weighted by Gasteiger charge is -2.10. The second-order valence-corrected chi connectivity index (χ2v) is 1.86. The van der Waals surface area contributed by atoms with Crippen LogP contribution in [0.15, 0.2) is 12.7 Å².